The fourth-order valence-corrected chi connectivity index (χ4v) is 5.42. The third-order valence-electron chi connectivity index (χ3n) is 5.22. The summed E-state index contributed by atoms with van der Waals surface area (Å²) in [4.78, 5) is 27.6. The topological polar surface area (TPSA) is 67.9 Å². The molecule has 3 aromatic carbocycles. The van der Waals surface area contributed by atoms with Gasteiger partial charge in [-0.25, -0.2) is 0 Å². The number of thiocarbonyl (C=S) groups is 1. The van der Waals surface area contributed by atoms with E-state index in [0.29, 0.717) is 43.1 Å². The van der Waals surface area contributed by atoms with E-state index in [-0.39, 0.29) is 18.4 Å². The number of amides is 2. The molecule has 1 N–H and O–H groups in total. The lowest BCUT2D eigenvalue weighted by Gasteiger charge is -2.16. The second-order valence-corrected chi connectivity index (χ2v) is 10.5. The van der Waals surface area contributed by atoms with Gasteiger partial charge in [0, 0.05) is 15.7 Å². The zero-order valence-corrected chi connectivity index (χ0v) is 23.1. The van der Waals surface area contributed by atoms with Crippen LogP contribution in [0, 0.1) is 6.92 Å². The molecule has 0 unspecified atom stereocenters. The van der Waals surface area contributed by atoms with Crippen LogP contribution in [0.2, 0.25) is 10.0 Å². The first-order valence-electron chi connectivity index (χ1n) is 11.2. The van der Waals surface area contributed by atoms with E-state index in [1.54, 1.807) is 47.4 Å². The average molecular weight is 574 g/mol. The summed E-state index contributed by atoms with van der Waals surface area (Å²) in [6.45, 7) is 3.93. The highest BCUT2D eigenvalue weighted by molar-refractivity contribution is 8.27. The Bertz CT molecular complexity index is 1390. The SMILES string of the molecule is CCOc1cc(/C=C2\SC(=S)N(c3ccccc3C)C2=O)ccc1OCC(=O)Nc1cc(Cl)cc(Cl)c1. The molecule has 0 atom stereocenters. The minimum atomic E-state index is -0.385. The van der Waals surface area contributed by atoms with Crippen LogP contribution >= 0.6 is 47.2 Å². The van der Waals surface area contributed by atoms with Gasteiger partial charge in [0.25, 0.3) is 11.8 Å². The Labute approximate surface area is 234 Å². The maximum atomic E-state index is 13.2. The monoisotopic (exact) mass is 572 g/mol. The highest BCUT2D eigenvalue weighted by Gasteiger charge is 2.34. The number of nitrogens with zero attached hydrogens (tertiary/aromatic N) is 1. The number of anilines is 2. The number of halogens is 2. The number of hydrogen-bond donors (Lipinski definition) is 1. The lowest BCUT2D eigenvalue weighted by molar-refractivity contribution is -0.118. The lowest BCUT2D eigenvalue weighted by Crippen LogP contribution is -2.28. The van der Waals surface area contributed by atoms with Crippen molar-refractivity contribution in [1.82, 2.24) is 0 Å². The number of rotatable bonds is 8. The number of nitrogens with one attached hydrogen (secondary N) is 1. The predicted molar refractivity (Wildman–Crippen MR) is 155 cm³/mol. The van der Waals surface area contributed by atoms with E-state index in [2.05, 4.69) is 5.32 Å². The molecule has 0 spiro atoms. The van der Waals surface area contributed by atoms with Crippen molar-refractivity contribution < 1.29 is 19.1 Å². The zero-order chi connectivity index (χ0) is 26.5. The first-order chi connectivity index (χ1) is 17.7. The Hall–Kier alpha value is -3.04. The van der Waals surface area contributed by atoms with E-state index >= 15 is 0 Å². The summed E-state index contributed by atoms with van der Waals surface area (Å²) in [6, 6.07) is 17.6. The van der Waals surface area contributed by atoms with Crippen LogP contribution in [0.4, 0.5) is 11.4 Å². The number of aryl methyl sites for hydroxylation is 1. The first-order valence-corrected chi connectivity index (χ1v) is 13.2. The van der Waals surface area contributed by atoms with Crippen LogP contribution in [0.25, 0.3) is 6.08 Å². The van der Waals surface area contributed by atoms with Gasteiger partial charge >= 0.3 is 0 Å². The summed E-state index contributed by atoms with van der Waals surface area (Å²) in [7, 11) is 0. The predicted octanol–water partition coefficient (Wildman–Crippen LogP) is 7.12. The maximum absolute atomic E-state index is 13.2. The van der Waals surface area contributed by atoms with Crippen molar-refractivity contribution in [1.29, 1.82) is 0 Å². The van der Waals surface area contributed by atoms with Crippen molar-refractivity contribution in [2.24, 2.45) is 0 Å². The highest BCUT2D eigenvalue weighted by atomic mass is 35.5. The Morgan fingerprint density at radius 2 is 1.78 bits per heavy atom. The molecule has 0 radical (unpaired) electrons. The van der Waals surface area contributed by atoms with E-state index in [1.807, 2.05) is 38.1 Å². The molecule has 4 rings (SSSR count). The number of ether oxygens (including phenoxy) is 2. The van der Waals surface area contributed by atoms with Gasteiger partial charge in [-0.15, -0.1) is 0 Å². The van der Waals surface area contributed by atoms with Crippen molar-refractivity contribution in [2.45, 2.75) is 13.8 Å². The van der Waals surface area contributed by atoms with Crippen LogP contribution in [0.5, 0.6) is 11.5 Å². The number of carbonyl (C=O) groups is 2. The molecule has 1 saturated heterocycles. The third-order valence-corrected chi connectivity index (χ3v) is 6.96. The highest BCUT2D eigenvalue weighted by Crippen LogP contribution is 2.38. The van der Waals surface area contributed by atoms with Gasteiger partial charge in [0.2, 0.25) is 0 Å². The quantitative estimate of drug-likeness (QED) is 0.229. The van der Waals surface area contributed by atoms with Gasteiger partial charge in [0.15, 0.2) is 22.4 Å². The van der Waals surface area contributed by atoms with Crippen molar-refractivity contribution in [3.63, 3.8) is 0 Å². The molecule has 2 amide bonds. The number of para-hydroxylation sites is 1. The molecule has 3 aromatic rings. The van der Waals surface area contributed by atoms with Crippen molar-refractivity contribution in [3.05, 3.63) is 86.7 Å². The lowest BCUT2D eigenvalue weighted by atomic mass is 10.1. The van der Waals surface area contributed by atoms with Crippen LogP contribution in [0.3, 0.4) is 0 Å². The van der Waals surface area contributed by atoms with Gasteiger partial charge < -0.3 is 14.8 Å². The molecular weight excluding hydrogens is 551 g/mol. The largest absolute Gasteiger partial charge is 0.490 e. The van der Waals surface area contributed by atoms with E-state index < -0.39 is 0 Å². The average Bonchev–Trinajstić information content (AvgIpc) is 3.11. The summed E-state index contributed by atoms with van der Waals surface area (Å²) < 4.78 is 11.9. The number of hydrogen-bond acceptors (Lipinski definition) is 6. The van der Waals surface area contributed by atoms with Gasteiger partial charge in [-0.2, -0.15) is 0 Å². The fourth-order valence-electron chi connectivity index (χ4n) is 3.61. The molecule has 190 valence electrons. The summed E-state index contributed by atoms with van der Waals surface area (Å²) in [5.41, 5.74) is 2.93. The molecule has 1 fully saturated rings. The summed E-state index contributed by atoms with van der Waals surface area (Å²) >= 11 is 18.7. The number of carbonyl (C=O) groups excluding carboxylic acids is 2. The van der Waals surface area contributed by atoms with Gasteiger partial charge in [-0.05, 0) is 67.4 Å². The molecule has 0 saturated carbocycles. The van der Waals surface area contributed by atoms with Crippen molar-refractivity contribution in [3.8, 4) is 11.5 Å². The molecule has 6 nitrogen and oxygen atoms in total. The normalized spacial score (nSPS) is 14.3. The van der Waals surface area contributed by atoms with Gasteiger partial charge in [-0.1, -0.05) is 71.4 Å². The van der Waals surface area contributed by atoms with Gasteiger partial charge in [-0.3, -0.25) is 14.5 Å². The molecule has 1 aliphatic heterocycles. The third kappa shape index (κ3) is 6.64. The Kier molecular flexibility index (Phi) is 8.76. The molecule has 0 bridgehead atoms. The minimum absolute atomic E-state index is 0.180. The van der Waals surface area contributed by atoms with Gasteiger partial charge in [0.1, 0.15) is 0 Å². The van der Waals surface area contributed by atoms with Crippen LogP contribution in [-0.4, -0.2) is 29.3 Å². The Balaban J connectivity index is 1.48. The van der Waals surface area contributed by atoms with Crippen LogP contribution < -0.4 is 19.7 Å². The van der Waals surface area contributed by atoms with Crippen LogP contribution in [0.1, 0.15) is 18.1 Å². The van der Waals surface area contributed by atoms with Crippen LogP contribution in [-0.2, 0) is 9.59 Å². The summed E-state index contributed by atoms with van der Waals surface area (Å²) in [5, 5.41) is 3.52. The Morgan fingerprint density at radius 3 is 2.49 bits per heavy atom. The summed E-state index contributed by atoms with van der Waals surface area (Å²) in [6.07, 6.45) is 1.76. The molecule has 1 heterocycles. The standard InChI is InChI=1S/C27H22Cl2N2O4S2/c1-3-34-23-10-17(11-24-26(33)31(27(36)37-24)21-7-5-4-6-16(21)2)8-9-22(23)35-15-25(32)30-20-13-18(28)12-19(29)14-20/h4-14H,3,15H2,1-2H3,(H,30,32)/b24-11-. The molecule has 0 aromatic heterocycles. The molecule has 1 aliphatic rings. The fraction of sp³-hybridized carbons (Fsp3) is 0.148. The molecule has 10 heteroatoms. The second kappa shape index (κ2) is 12.0. The van der Waals surface area contributed by atoms with Gasteiger partial charge in [0.05, 0.1) is 17.2 Å². The van der Waals surface area contributed by atoms with Crippen LogP contribution in [0.15, 0.2) is 65.6 Å². The number of thioether (sulfide) groups is 1. The second-order valence-electron chi connectivity index (χ2n) is 7.94. The van der Waals surface area contributed by atoms with Crippen molar-refractivity contribution >= 4 is 80.8 Å². The molecule has 37 heavy (non-hydrogen) atoms. The van der Waals surface area contributed by atoms with E-state index in [4.69, 9.17) is 44.9 Å². The zero-order valence-electron chi connectivity index (χ0n) is 19.9. The van der Waals surface area contributed by atoms with E-state index in [9.17, 15) is 9.59 Å². The minimum Gasteiger partial charge on any atom is -0.490 e. The smallest absolute Gasteiger partial charge is 0.270 e. The summed E-state index contributed by atoms with van der Waals surface area (Å²) in [5.74, 6) is 0.278. The number of benzene rings is 3. The van der Waals surface area contributed by atoms with E-state index in [0.717, 1.165) is 16.8 Å². The Morgan fingerprint density at radius 1 is 1.05 bits per heavy atom. The molecule has 0 aliphatic carbocycles. The maximum Gasteiger partial charge on any atom is 0.270 e. The first kappa shape index (κ1) is 27.0. The van der Waals surface area contributed by atoms with Crippen molar-refractivity contribution in [2.75, 3.05) is 23.4 Å². The van der Waals surface area contributed by atoms with E-state index in [1.165, 1.54) is 11.8 Å². The molecular formula is C27H22Cl2N2O4S2.